The molecule has 2 aliphatic heterocycles. The minimum absolute atomic E-state index is 0.0450. The van der Waals surface area contributed by atoms with Crippen molar-refractivity contribution in [3.05, 3.63) is 119 Å². The van der Waals surface area contributed by atoms with E-state index in [-0.39, 0.29) is 5.92 Å². The van der Waals surface area contributed by atoms with Gasteiger partial charge in [0.25, 0.3) is 0 Å². The number of furan rings is 1. The summed E-state index contributed by atoms with van der Waals surface area (Å²) < 4.78 is 12.6. The van der Waals surface area contributed by atoms with Gasteiger partial charge < -0.3 is 9.15 Å². The zero-order valence-electron chi connectivity index (χ0n) is 15.6. The highest BCUT2D eigenvalue weighted by molar-refractivity contribution is 8.01. The summed E-state index contributed by atoms with van der Waals surface area (Å²) in [6, 6.07) is 27.0. The second-order valence-electron chi connectivity index (χ2n) is 7.26. The highest BCUT2D eigenvalue weighted by Crippen LogP contribution is 2.47. The molecule has 0 saturated heterocycles. The van der Waals surface area contributed by atoms with Crippen molar-refractivity contribution in [2.75, 3.05) is 0 Å². The summed E-state index contributed by atoms with van der Waals surface area (Å²) in [4.78, 5) is 1.21. The van der Waals surface area contributed by atoms with E-state index in [2.05, 4.69) is 60.0 Å². The van der Waals surface area contributed by atoms with Gasteiger partial charge in [-0.2, -0.15) is 0 Å². The molecule has 1 atom stereocenters. The summed E-state index contributed by atoms with van der Waals surface area (Å²) in [7, 11) is 0. The normalized spacial score (nSPS) is 17.7. The van der Waals surface area contributed by atoms with Gasteiger partial charge in [0.2, 0.25) is 0 Å². The molecule has 3 heteroatoms. The van der Waals surface area contributed by atoms with Crippen LogP contribution in [0.3, 0.4) is 0 Å². The molecule has 0 amide bonds. The number of ether oxygens (including phenoxy) is 1. The van der Waals surface area contributed by atoms with Gasteiger partial charge >= 0.3 is 0 Å². The molecule has 6 rings (SSSR count). The number of allylic oxidation sites excluding steroid dienone is 2. The smallest absolute Gasteiger partial charge is 0.134 e. The molecular formula is C26H17O2S. The van der Waals surface area contributed by atoms with Crippen molar-refractivity contribution >= 4 is 22.7 Å². The lowest BCUT2D eigenvalue weighted by Crippen LogP contribution is -2.15. The number of thioether (sulfide) groups is 1. The van der Waals surface area contributed by atoms with Gasteiger partial charge in [-0.3, -0.25) is 0 Å². The molecule has 0 saturated carbocycles. The summed E-state index contributed by atoms with van der Waals surface area (Å²) in [5.74, 6) is 2.67. The Bertz CT molecular complexity index is 1260. The molecule has 0 aliphatic carbocycles. The SMILES string of the molecule is [C]1=C(C2=CCc3ccccc3O2)C(c2cc3ccccc3o2)c2ccccc2S1. The minimum atomic E-state index is -0.0450. The Kier molecular flexibility index (Phi) is 3.88. The summed E-state index contributed by atoms with van der Waals surface area (Å²) in [5, 5.41) is 4.66. The van der Waals surface area contributed by atoms with Crippen LogP contribution in [0.2, 0.25) is 0 Å². The first-order valence-electron chi connectivity index (χ1n) is 9.70. The van der Waals surface area contributed by atoms with E-state index in [0.29, 0.717) is 0 Å². The van der Waals surface area contributed by atoms with Gasteiger partial charge in [0.05, 0.1) is 5.92 Å². The third kappa shape index (κ3) is 2.81. The first-order valence-corrected chi connectivity index (χ1v) is 10.5. The van der Waals surface area contributed by atoms with E-state index in [1.54, 1.807) is 11.8 Å². The van der Waals surface area contributed by atoms with Crippen LogP contribution in [0.15, 0.2) is 106 Å². The number of para-hydroxylation sites is 2. The predicted octanol–water partition coefficient (Wildman–Crippen LogP) is 6.88. The first-order chi connectivity index (χ1) is 14.4. The van der Waals surface area contributed by atoms with Gasteiger partial charge in [-0.1, -0.05) is 66.4 Å². The second-order valence-corrected chi connectivity index (χ2v) is 8.11. The van der Waals surface area contributed by atoms with Crippen molar-refractivity contribution in [1.82, 2.24) is 0 Å². The molecule has 139 valence electrons. The Morgan fingerprint density at radius 1 is 0.897 bits per heavy atom. The summed E-state index contributed by atoms with van der Waals surface area (Å²) in [6.07, 6.45) is 3.02. The van der Waals surface area contributed by atoms with Crippen molar-refractivity contribution in [3.63, 3.8) is 0 Å². The first kappa shape index (κ1) is 16.8. The molecular weight excluding hydrogens is 376 g/mol. The van der Waals surface area contributed by atoms with Crippen LogP contribution in [0.1, 0.15) is 22.8 Å². The van der Waals surface area contributed by atoms with Crippen molar-refractivity contribution in [3.8, 4) is 5.75 Å². The fraction of sp³-hybridized carbons (Fsp3) is 0.0769. The van der Waals surface area contributed by atoms with Crippen LogP contribution >= 0.6 is 11.8 Å². The van der Waals surface area contributed by atoms with Crippen LogP contribution in [-0.2, 0) is 6.42 Å². The van der Waals surface area contributed by atoms with Crippen molar-refractivity contribution < 1.29 is 9.15 Å². The third-order valence-electron chi connectivity index (χ3n) is 5.48. The molecule has 2 aliphatic rings. The summed E-state index contributed by atoms with van der Waals surface area (Å²) >= 11 is 1.63. The fourth-order valence-electron chi connectivity index (χ4n) is 4.07. The predicted molar refractivity (Wildman–Crippen MR) is 116 cm³/mol. The highest BCUT2D eigenvalue weighted by atomic mass is 32.2. The quantitative estimate of drug-likeness (QED) is 0.371. The molecule has 1 radical (unpaired) electrons. The zero-order chi connectivity index (χ0) is 19.2. The summed E-state index contributed by atoms with van der Waals surface area (Å²) in [6.45, 7) is 0. The molecule has 0 bridgehead atoms. The van der Waals surface area contributed by atoms with E-state index in [4.69, 9.17) is 9.15 Å². The topological polar surface area (TPSA) is 22.4 Å². The number of hydrogen-bond donors (Lipinski definition) is 0. The summed E-state index contributed by atoms with van der Waals surface area (Å²) in [5.41, 5.74) is 4.37. The second kappa shape index (κ2) is 6.71. The third-order valence-corrected chi connectivity index (χ3v) is 6.40. The Hall–Kier alpha value is -3.17. The van der Waals surface area contributed by atoms with Crippen LogP contribution in [0.25, 0.3) is 11.0 Å². The maximum atomic E-state index is 6.32. The van der Waals surface area contributed by atoms with Crippen LogP contribution in [0.5, 0.6) is 5.75 Å². The lowest BCUT2D eigenvalue weighted by atomic mass is 9.87. The van der Waals surface area contributed by atoms with Gasteiger partial charge in [0.1, 0.15) is 22.9 Å². The number of benzene rings is 3. The lowest BCUT2D eigenvalue weighted by molar-refractivity contribution is 0.409. The maximum absolute atomic E-state index is 6.32. The van der Waals surface area contributed by atoms with Crippen LogP contribution in [-0.4, -0.2) is 0 Å². The molecule has 3 aromatic carbocycles. The molecule has 29 heavy (non-hydrogen) atoms. The Morgan fingerprint density at radius 3 is 2.69 bits per heavy atom. The minimum Gasteiger partial charge on any atom is -0.460 e. The largest absolute Gasteiger partial charge is 0.460 e. The fourth-order valence-corrected chi connectivity index (χ4v) is 4.96. The number of hydrogen-bond acceptors (Lipinski definition) is 3. The Labute approximate surface area is 173 Å². The average Bonchev–Trinajstić information content (AvgIpc) is 3.22. The van der Waals surface area contributed by atoms with Gasteiger partial charge in [-0.15, -0.1) is 0 Å². The van der Waals surface area contributed by atoms with E-state index >= 15 is 0 Å². The van der Waals surface area contributed by atoms with E-state index in [0.717, 1.165) is 40.2 Å². The van der Waals surface area contributed by atoms with Gasteiger partial charge in [-0.25, -0.2) is 0 Å². The highest BCUT2D eigenvalue weighted by Gasteiger charge is 2.32. The van der Waals surface area contributed by atoms with Crippen LogP contribution in [0.4, 0.5) is 0 Å². The Morgan fingerprint density at radius 2 is 1.72 bits per heavy atom. The van der Waals surface area contributed by atoms with Crippen LogP contribution < -0.4 is 4.74 Å². The monoisotopic (exact) mass is 393 g/mol. The molecule has 1 unspecified atom stereocenters. The van der Waals surface area contributed by atoms with E-state index in [1.807, 2.05) is 30.3 Å². The number of rotatable bonds is 2. The Balaban J connectivity index is 1.49. The lowest BCUT2D eigenvalue weighted by Gasteiger charge is -2.28. The number of fused-ring (bicyclic) bond motifs is 3. The van der Waals surface area contributed by atoms with E-state index in [9.17, 15) is 0 Å². The van der Waals surface area contributed by atoms with Gasteiger partial charge in [-0.05, 0) is 47.9 Å². The van der Waals surface area contributed by atoms with E-state index < -0.39 is 0 Å². The van der Waals surface area contributed by atoms with Crippen molar-refractivity contribution in [2.45, 2.75) is 17.2 Å². The molecule has 3 heterocycles. The van der Waals surface area contributed by atoms with Crippen LogP contribution in [0, 0.1) is 5.41 Å². The molecule has 4 aromatic rings. The molecule has 2 nitrogen and oxygen atoms in total. The zero-order valence-corrected chi connectivity index (χ0v) is 16.4. The van der Waals surface area contributed by atoms with Gasteiger partial charge in [0.15, 0.2) is 0 Å². The standard InChI is InChI=1S/C26H17O2S/c1-4-10-21-17(7-1)13-14-23(27-21)20-16-29-25-12-6-3-9-19(25)26(20)24-15-18-8-2-5-11-22(18)28-24/h1-12,14-15,26H,13H2. The molecule has 1 aromatic heterocycles. The van der Waals surface area contributed by atoms with E-state index in [1.165, 1.54) is 16.0 Å². The van der Waals surface area contributed by atoms with Crippen molar-refractivity contribution in [2.24, 2.45) is 0 Å². The van der Waals surface area contributed by atoms with Gasteiger partial charge in [0, 0.05) is 21.3 Å². The maximum Gasteiger partial charge on any atom is 0.134 e. The molecule has 0 N–H and O–H groups in total. The molecule has 0 fully saturated rings. The van der Waals surface area contributed by atoms with Crippen molar-refractivity contribution in [1.29, 1.82) is 0 Å². The molecule has 0 spiro atoms. The average molecular weight is 393 g/mol.